The molecule has 0 aromatic carbocycles. The van der Waals surface area contributed by atoms with Gasteiger partial charge in [0, 0.05) is 13.1 Å². The van der Waals surface area contributed by atoms with Gasteiger partial charge in [-0.2, -0.15) is 0 Å². The smallest absolute Gasteiger partial charge is 0.224 e. The van der Waals surface area contributed by atoms with Crippen molar-refractivity contribution in [3.63, 3.8) is 0 Å². The number of amides is 1. The van der Waals surface area contributed by atoms with E-state index in [2.05, 4.69) is 33.0 Å². The SMILES string of the molecule is CC(CNC(=O)C(CN)CC(C)(C)C)C1CC1. The first-order valence-corrected chi connectivity index (χ1v) is 6.81. The molecular formula is C14H28N2O. The molecule has 0 saturated heterocycles. The predicted octanol–water partition coefficient (Wildman–Crippen LogP) is 2.16. The van der Waals surface area contributed by atoms with Crippen molar-refractivity contribution in [2.45, 2.75) is 47.0 Å². The third-order valence-corrected chi connectivity index (χ3v) is 3.54. The highest BCUT2D eigenvalue weighted by molar-refractivity contribution is 5.78. The first-order valence-electron chi connectivity index (χ1n) is 6.81. The second-order valence-corrected chi connectivity index (χ2v) is 6.76. The molecule has 1 aliphatic rings. The van der Waals surface area contributed by atoms with Crippen LogP contribution in [0.5, 0.6) is 0 Å². The Kier molecular flexibility index (Phi) is 4.99. The van der Waals surface area contributed by atoms with Crippen LogP contribution in [0.1, 0.15) is 47.0 Å². The average molecular weight is 240 g/mol. The molecule has 3 nitrogen and oxygen atoms in total. The van der Waals surface area contributed by atoms with Crippen LogP contribution < -0.4 is 11.1 Å². The quantitative estimate of drug-likeness (QED) is 0.747. The van der Waals surface area contributed by atoms with Gasteiger partial charge in [0.05, 0.1) is 5.92 Å². The molecule has 0 aromatic rings. The maximum absolute atomic E-state index is 12.0. The van der Waals surface area contributed by atoms with Crippen LogP contribution in [0.2, 0.25) is 0 Å². The van der Waals surface area contributed by atoms with Gasteiger partial charge in [0.15, 0.2) is 0 Å². The van der Waals surface area contributed by atoms with E-state index in [0.29, 0.717) is 12.5 Å². The number of hydrogen-bond donors (Lipinski definition) is 2. The lowest BCUT2D eigenvalue weighted by Crippen LogP contribution is -2.39. The summed E-state index contributed by atoms with van der Waals surface area (Å²) in [4.78, 5) is 12.0. The van der Waals surface area contributed by atoms with E-state index in [1.54, 1.807) is 0 Å². The molecule has 2 unspecified atom stereocenters. The minimum Gasteiger partial charge on any atom is -0.356 e. The van der Waals surface area contributed by atoms with Crippen molar-refractivity contribution in [2.24, 2.45) is 28.9 Å². The van der Waals surface area contributed by atoms with E-state index >= 15 is 0 Å². The lowest BCUT2D eigenvalue weighted by Gasteiger charge is -2.25. The predicted molar refractivity (Wildman–Crippen MR) is 71.5 cm³/mol. The van der Waals surface area contributed by atoms with Crippen molar-refractivity contribution in [3.8, 4) is 0 Å². The summed E-state index contributed by atoms with van der Waals surface area (Å²) in [6.45, 7) is 9.92. The Hall–Kier alpha value is -0.570. The number of hydrogen-bond acceptors (Lipinski definition) is 2. The summed E-state index contributed by atoms with van der Waals surface area (Å²) in [6.07, 6.45) is 3.52. The molecule has 1 fully saturated rings. The molecule has 0 spiro atoms. The number of rotatable bonds is 6. The summed E-state index contributed by atoms with van der Waals surface area (Å²) in [5.41, 5.74) is 5.85. The molecule has 3 heteroatoms. The number of carbonyl (C=O) groups is 1. The third-order valence-electron chi connectivity index (χ3n) is 3.54. The van der Waals surface area contributed by atoms with E-state index in [0.717, 1.165) is 18.9 Å². The van der Waals surface area contributed by atoms with E-state index < -0.39 is 0 Å². The van der Waals surface area contributed by atoms with E-state index in [9.17, 15) is 4.79 Å². The fourth-order valence-corrected chi connectivity index (χ4v) is 2.26. The van der Waals surface area contributed by atoms with Gasteiger partial charge in [-0.3, -0.25) is 4.79 Å². The molecule has 0 aliphatic heterocycles. The molecule has 0 radical (unpaired) electrons. The first-order chi connectivity index (χ1) is 7.83. The first kappa shape index (κ1) is 14.5. The molecule has 1 aliphatic carbocycles. The monoisotopic (exact) mass is 240 g/mol. The highest BCUT2D eigenvalue weighted by Gasteiger charge is 2.29. The lowest BCUT2D eigenvalue weighted by atomic mass is 9.84. The summed E-state index contributed by atoms with van der Waals surface area (Å²) >= 11 is 0. The van der Waals surface area contributed by atoms with Crippen LogP contribution in [0.15, 0.2) is 0 Å². The van der Waals surface area contributed by atoms with Gasteiger partial charge in [-0.25, -0.2) is 0 Å². The maximum Gasteiger partial charge on any atom is 0.224 e. The second kappa shape index (κ2) is 5.85. The van der Waals surface area contributed by atoms with E-state index in [4.69, 9.17) is 5.73 Å². The summed E-state index contributed by atoms with van der Waals surface area (Å²) < 4.78 is 0. The largest absolute Gasteiger partial charge is 0.356 e. The van der Waals surface area contributed by atoms with Crippen molar-refractivity contribution < 1.29 is 4.79 Å². The minimum atomic E-state index is -0.0404. The third kappa shape index (κ3) is 5.53. The van der Waals surface area contributed by atoms with Crippen LogP contribution in [-0.4, -0.2) is 19.0 Å². The van der Waals surface area contributed by atoms with Crippen LogP contribution in [-0.2, 0) is 4.79 Å². The molecule has 0 aromatic heterocycles. The highest BCUT2D eigenvalue weighted by atomic mass is 16.1. The molecule has 1 amide bonds. The average Bonchev–Trinajstić information content (AvgIpc) is 3.04. The van der Waals surface area contributed by atoms with Crippen molar-refractivity contribution in [1.82, 2.24) is 5.32 Å². The van der Waals surface area contributed by atoms with Crippen molar-refractivity contribution in [1.29, 1.82) is 0 Å². The van der Waals surface area contributed by atoms with Crippen LogP contribution >= 0.6 is 0 Å². The molecule has 2 atom stereocenters. The van der Waals surface area contributed by atoms with Gasteiger partial charge >= 0.3 is 0 Å². The molecule has 1 rings (SSSR count). The van der Waals surface area contributed by atoms with Crippen molar-refractivity contribution in [2.75, 3.05) is 13.1 Å². The highest BCUT2D eigenvalue weighted by Crippen LogP contribution is 2.36. The second-order valence-electron chi connectivity index (χ2n) is 6.76. The Labute approximate surface area is 106 Å². The van der Waals surface area contributed by atoms with Crippen LogP contribution in [0.3, 0.4) is 0 Å². The zero-order chi connectivity index (χ0) is 13.1. The Bertz CT molecular complexity index is 253. The minimum absolute atomic E-state index is 0.0404. The normalized spacial score (nSPS) is 19.8. The van der Waals surface area contributed by atoms with Crippen molar-refractivity contribution >= 4 is 5.91 Å². The topological polar surface area (TPSA) is 55.1 Å². The summed E-state index contributed by atoms with van der Waals surface area (Å²) in [5, 5.41) is 3.06. The molecule has 3 N–H and O–H groups in total. The molecule has 100 valence electrons. The molecular weight excluding hydrogens is 212 g/mol. The molecule has 17 heavy (non-hydrogen) atoms. The van der Waals surface area contributed by atoms with E-state index in [-0.39, 0.29) is 17.2 Å². The van der Waals surface area contributed by atoms with Gasteiger partial charge in [-0.05, 0) is 36.5 Å². The summed E-state index contributed by atoms with van der Waals surface area (Å²) in [7, 11) is 0. The zero-order valence-corrected chi connectivity index (χ0v) is 11.8. The molecule has 1 saturated carbocycles. The Morgan fingerprint density at radius 3 is 2.41 bits per heavy atom. The maximum atomic E-state index is 12.0. The van der Waals surface area contributed by atoms with Gasteiger partial charge < -0.3 is 11.1 Å². The molecule has 0 heterocycles. The van der Waals surface area contributed by atoms with Gasteiger partial charge in [-0.1, -0.05) is 27.7 Å². The zero-order valence-electron chi connectivity index (χ0n) is 11.8. The van der Waals surface area contributed by atoms with E-state index in [1.165, 1.54) is 12.8 Å². The van der Waals surface area contributed by atoms with Crippen LogP contribution in [0.25, 0.3) is 0 Å². The van der Waals surface area contributed by atoms with Gasteiger partial charge in [0.2, 0.25) is 5.91 Å². The van der Waals surface area contributed by atoms with E-state index in [1.807, 2.05) is 0 Å². The Morgan fingerprint density at radius 1 is 1.41 bits per heavy atom. The standard InChI is InChI=1S/C14H28N2O/c1-10(11-5-6-11)9-16-13(17)12(8-15)7-14(2,3)4/h10-12H,5-9,15H2,1-4H3,(H,16,17). The van der Waals surface area contributed by atoms with Crippen molar-refractivity contribution in [3.05, 3.63) is 0 Å². The molecule has 0 bridgehead atoms. The fraction of sp³-hybridized carbons (Fsp3) is 0.929. The lowest BCUT2D eigenvalue weighted by molar-refractivity contribution is -0.125. The number of carbonyl (C=O) groups excluding carboxylic acids is 1. The van der Waals surface area contributed by atoms with Crippen LogP contribution in [0, 0.1) is 23.2 Å². The van der Waals surface area contributed by atoms with Gasteiger partial charge in [0.1, 0.15) is 0 Å². The van der Waals surface area contributed by atoms with Gasteiger partial charge in [0.25, 0.3) is 0 Å². The number of nitrogens with one attached hydrogen (secondary N) is 1. The number of nitrogens with two attached hydrogens (primary N) is 1. The van der Waals surface area contributed by atoms with Crippen LogP contribution in [0.4, 0.5) is 0 Å². The Morgan fingerprint density at radius 2 is 2.00 bits per heavy atom. The Balaban J connectivity index is 2.32. The van der Waals surface area contributed by atoms with Gasteiger partial charge in [-0.15, -0.1) is 0 Å². The summed E-state index contributed by atoms with van der Waals surface area (Å²) in [6, 6.07) is 0. The summed E-state index contributed by atoms with van der Waals surface area (Å²) in [5.74, 6) is 1.55. The fourth-order valence-electron chi connectivity index (χ4n) is 2.26.